The maximum absolute atomic E-state index is 10.5. The summed E-state index contributed by atoms with van der Waals surface area (Å²) < 4.78 is 16.3. The molecule has 4 unspecified atom stereocenters. The topological polar surface area (TPSA) is 68.2 Å². The first-order chi connectivity index (χ1) is 12.4. The van der Waals surface area contributed by atoms with Gasteiger partial charge in [-0.2, -0.15) is 0 Å². The van der Waals surface area contributed by atoms with E-state index in [1.165, 1.54) is 0 Å². The van der Waals surface area contributed by atoms with Crippen LogP contribution in [0.4, 0.5) is 0 Å². The molecule has 0 saturated heterocycles. The molecular weight excluding hydrogens is 332 g/mol. The largest absolute Gasteiger partial charge is 0.497 e. The van der Waals surface area contributed by atoms with Crippen LogP contribution < -0.4 is 4.74 Å². The lowest BCUT2D eigenvalue weighted by molar-refractivity contribution is -0.137. The van der Waals surface area contributed by atoms with Crippen LogP contribution in [-0.4, -0.2) is 43.1 Å². The minimum atomic E-state index is -1.22. The highest BCUT2D eigenvalue weighted by atomic mass is 16.6. The van der Waals surface area contributed by atoms with Gasteiger partial charge in [0.1, 0.15) is 5.75 Å². The van der Waals surface area contributed by atoms with Crippen molar-refractivity contribution < 1.29 is 24.4 Å². The highest BCUT2D eigenvalue weighted by molar-refractivity contribution is 5.55. The second-order valence-electron chi connectivity index (χ2n) is 6.82. The first-order valence-corrected chi connectivity index (χ1v) is 9.36. The minimum Gasteiger partial charge on any atom is -0.497 e. The van der Waals surface area contributed by atoms with E-state index in [0.29, 0.717) is 30.6 Å². The third-order valence-electron chi connectivity index (χ3n) is 4.49. The van der Waals surface area contributed by atoms with Crippen molar-refractivity contribution in [2.75, 3.05) is 20.3 Å². The number of methoxy groups -OCH3 is 1. The molecule has 0 fully saturated rings. The van der Waals surface area contributed by atoms with Crippen LogP contribution in [0.25, 0.3) is 6.08 Å². The van der Waals surface area contributed by atoms with Crippen molar-refractivity contribution in [3.8, 4) is 5.75 Å². The third-order valence-corrected chi connectivity index (χ3v) is 4.49. The van der Waals surface area contributed by atoms with Crippen molar-refractivity contribution in [2.45, 2.75) is 53.1 Å². The number of aliphatic hydroxyl groups excluding tert-OH is 2. The zero-order chi connectivity index (χ0) is 19.5. The van der Waals surface area contributed by atoms with E-state index in [9.17, 15) is 10.2 Å². The molecule has 26 heavy (non-hydrogen) atoms. The van der Waals surface area contributed by atoms with Crippen molar-refractivity contribution in [3.63, 3.8) is 0 Å². The van der Waals surface area contributed by atoms with Crippen LogP contribution in [0.2, 0.25) is 0 Å². The number of hydrogen-bond donors (Lipinski definition) is 2. The molecule has 2 N–H and O–H groups in total. The van der Waals surface area contributed by atoms with Crippen molar-refractivity contribution in [1.29, 1.82) is 0 Å². The van der Waals surface area contributed by atoms with Crippen LogP contribution in [0.15, 0.2) is 29.8 Å². The van der Waals surface area contributed by atoms with E-state index in [1.54, 1.807) is 13.2 Å². The molecule has 1 aromatic carbocycles. The summed E-state index contributed by atoms with van der Waals surface area (Å²) in [5.41, 5.74) is 1.11. The minimum absolute atomic E-state index is 0.293. The van der Waals surface area contributed by atoms with Crippen LogP contribution in [-0.2, 0) is 9.47 Å². The molecule has 5 nitrogen and oxygen atoms in total. The summed E-state index contributed by atoms with van der Waals surface area (Å²) in [7, 11) is 1.61. The summed E-state index contributed by atoms with van der Waals surface area (Å²) >= 11 is 0. The molecule has 0 spiro atoms. The second-order valence-corrected chi connectivity index (χ2v) is 6.82. The fourth-order valence-electron chi connectivity index (χ4n) is 2.10. The Morgan fingerprint density at radius 2 is 1.38 bits per heavy atom. The number of rotatable bonds is 12. The Labute approximate surface area is 157 Å². The number of benzene rings is 1. The highest BCUT2D eigenvalue weighted by Crippen LogP contribution is 2.20. The molecule has 1 rings (SSSR count). The van der Waals surface area contributed by atoms with Gasteiger partial charge in [-0.3, -0.25) is 0 Å². The Kier molecular flexibility index (Phi) is 10.5. The Hall–Kier alpha value is -1.40. The smallest absolute Gasteiger partial charge is 0.182 e. The monoisotopic (exact) mass is 366 g/mol. The predicted octanol–water partition coefficient (Wildman–Crippen LogP) is 3.84. The molecule has 0 aliphatic rings. The van der Waals surface area contributed by atoms with E-state index in [1.807, 2.05) is 24.3 Å². The number of hydrogen-bond acceptors (Lipinski definition) is 5. The summed E-state index contributed by atoms with van der Waals surface area (Å²) in [6.07, 6.45) is 1.16. The SMILES string of the molecule is CCC(C)COC(O)C(=Cc1ccc(OC)cc1)C(O)OCC(C)CC. The van der Waals surface area contributed by atoms with E-state index in [0.717, 1.165) is 24.2 Å². The number of ether oxygens (including phenoxy) is 3. The summed E-state index contributed by atoms with van der Waals surface area (Å²) in [4.78, 5) is 0. The second kappa shape index (κ2) is 12.1. The Morgan fingerprint density at radius 1 is 0.923 bits per heavy atom. The fourth-order valence-corrected chi connectivity index (χ4v) is 2.10. The summed E-state index contributed by atoms with van der Waals surface area (Å²) in [6, 6.07) is 7.34. The van der Waals surface area contributed by atoms with E-state index >= 15 is 0 Å². The van der Waals surface area contributed by atoms with Gasteiger partial charge in [-0.05, 0) is 35.6 Å². The molecule has 0 aliphatic carbocycles. The van der Waals surface area contributed by atoms with Crippen LogP contribution in [0.5, 0.6) is 5.75 Å². The van der Waals surface area contributed by atoms with Gasteiger partial charge in [-0.1, -0.05) is 52.7 Å². The van der Waals surface area contributed by atoms with Gasteiger partial charge in [0, 0.05) is 5.57 Å². The van der Waals surface area contributed by atoms with Gasteiger partial charge in [0.05, 0.1) is 20.3 Å². The van der Waals surface area contributed by atoms with Crippen molar-refractivity contribution >= 4 is 6.08 Å². The number of aliphatic hydroxyl groups is 2. The van der Waals surface area contributed by atoms with Gasteiger partial charge >= 0.3 is 0 Å². The molecule has 0 aromatic heterocycles. The van der Waals surface area contributed by atoms with Crippen LogP contribution in [0.3, 0.4) is 0 Å². The Balaban J connectivity index is 2.92. The standard InChI is InChI=1S/C21H34O5/c1-6-15(3)13-25-20(22)19(21(23)26-14-16(4)7-2)12-17-8-10-18(24-5)11-9-17/h8-12,15-16,20-23H,6-7,13-14H2,1-5H3. The zero-order valence-corrected chi connectivity index (χ0v) is 16.6. The molecule has 5 heteroatoms. The summed E-state index contributed by atoms with van der Waals surface area (Å²) in [6.45, 7) is 9.06. The van der Waals surface area contributed by atoms with Crippen LogP contribution in [0, 0.1) is 11.8 Å². The Bertz CT molecular complexity index is 504. The lowest BCUT2D eigenvalue weighted by Crippen LogP contribution is -2.29. The van der Waals surface area contributed by atoms with Crippen molar-refractivity contribution in [1.82, 2.24) is 0 Å². The lowest BCUT2D eigenvalue weighted by atomic mass is 10.1. The molecule has 0 amide bonds. The molecule has 0 bridgehead atoms. The maximum Gasteiger partial charge on any atom is 0.182 e. The van der Waals surface area contributed by atoms with Crippen molar-refractivity contribution in [2.24, 2.45) is 11.8 Å². The molecule has 1 aromatic rings. The average molecular weight is 366 g/mol. The van der Waals surface area contributed by atoms with E-state index in [-0.39, 0.29) is 0 Å². The molecular formula is C21H34O5. The van der Waals surface area contributed by atoms with Gasteiger partial charge < -0.3 is 24.4 Å². The van der Waals surface area contributed by atoms with Crippen molar-refractivity contribution in [3.05, 3.63) is 35.4 Å². The predicted molar refractivity (Wildman–Crippen MR) is 104 cm³/mol. The summed E-state index contributed by atoms with van der Waals surface area (Å²) in [5.74, 6) is 1.39. The molecule has 148 valence electrons. The summed E-state index contributed by atoms with van der Waals surface area (Å²) in [5, 5.41) is 20.9. The maximum atomic E-state index is 10.5. The van der Waals surface area contributed by atoms with E-state index in [2.05, 4.69) is 27.7 Å². The van der Waals surface area contributed by atoms with E-state index in [4.69, 9.17) is 14.2 Å². The fraction of sp³-hybridized carbons (Fsp3) is 0.619. The van der Waals surface area contributed by atoms with Gasteiger partial charge in [-0.25, -0.2) is 0 Å². The molecule has 0 aliphatic heterocycles. The van der Waals surface area contributed by atoms with Gasteiger partial charge in [0.2, 0.25) is 0 Å². The molecule has 0 saturated carbocycles. The Morgan fingerprint density at radius 3 is 1.77 bits per heavy atom. The van der Waals surface area contributed by atoms with Gasteiger partial charge in [-0.15, -0.1) is 0 Å². The normalized spacial score (nSPS) is 15.8. The highest BCUT2D eigenvalue weighted by Gasteiger charge is 2.22. The van der Waals surface area contributed by atoms with Crippen LogP contribution in [0.1, 0.15) is 46.1 Å². The first-order valence-electron chi connectivity index (χ1n) is 9.36. The average Bonchev–Trinajstić information content (AvgIpc) is 2.68. The third kappa shape index (κ3) is 7.87. The first kappa shape index (κ1) is 22.6. The lowest BCUT2D eigenvalue weighted by Gasteiger charge is -2.23. The molecule has 0 radical (unpaired) electrons. The zero-order valence-electron chi connectivity index (χ0n) is 16.6. The van der Waals surface area contributed by atoms with Gasteiger partial charge in [0.15, 0.2) is 12.6 Å². The van der Waals surface area contributed by atoms with Gasteiger partial charge in [0.25, 0.3) is 0 Å². The van der Waals surface area contributed by atoms with Crippen LogP contribution >= 0.6 is 0 Å². The van der Waals surface area contributed by atoms with E-state index < -0.39 is 12.6 Å². The molecule has 0 heterocycles. The molecule has 4 atom stereocenters. The quantitative estimate of drug-likeness (QED) is 0.550.